The fourth-order valence-electron chi connectivity index (χ4n) is 2.42. The number of benzene rings is 2. The zero-order valence-electron chi connectivity index (χ0n) is 13.2. The predicted octanol–water partition coefficient (Wildman–Crippen LogP) is 3.98. The van der Waals surface area contributed by atoms with Gasteiger partial charge >= 0.3 is 0 Å². The largest absolute Gasteiger partial charge is 0.497 e. The van der Waals surface area contributed by atoms with Gasteiger partial charge in [0.25, 0.3) is 0 Å². The van der Waals surface area contributed by atoms with Gasteiger partial charge in [-0.25, -0.2) is 4.98 Å². The van der Waals surface area contributed by atoms with Crippen LogP contribution in [0.5, 0.6) is 5.75 Å². The number of hydrogen-bond donors (Lipinski definition) is 2. The highest BCUT2D eigenvalue weighted by Gasteiger charge is 2.07. The monoisotopic (exact) mass is 309 g/mol. The smallest absolute Gasteiger partial charge is 0.224 e. The summed E-state index contributed by atoms with van der Waals surface area (Å²) < 4.78 is 5.17. The maximum Gasteiger partial charge on any atom is 0.224 e. The van der Waals surface area contributed by atoms with Gasteiger partial charge in [-0.15, -0.1) is 0 Å². The van der Waals surface area contributed by atoms with Gasteiger partial charge in [0.1, 0.15) is 11.6 Å². The van der Waals surface area contributed by atoms with Crippen LogP contribution >= 0.6 is 0 Å². The summed E-state index contributed by atoms with van der Waals surface area (Å²) in [6, 6.07) is 13.4. The van der Waals surface area contributed by atoms with Crippen LogP contribution in [-0.2, 0) is 4.79 Å². The molecule has 0 aliphatic carbocycles. The molecule has 0 radical (unpaired) electrons. The quantitative estimate of drug-likeness (QED) is 0.749. The van der Waals surface area contributed by atoms with Crippen LogP contribution in [0.2, 0.25) is 0 Å². The van der Waals surface area contributed by atoms with Crippen molar-refractivity contribution in [3.8, 4) is 17.1 Å². The van der Waals surface area contributed by atoms with Crippen LogP contribution in [0.25, 0.3) is 22.4 Å². The Hall–Kier alpha value is -2.82. The average Bonchev–Trinajstić information content (AvgIpc) is 2.98. The molecule has 0 unspecified atom stereocenters. The molecule has 0 aliphatic heterocycles. The number of H-pyrrole nitrogens is 1. The number of methoxy groups -OCH3 is 1. The first-order chi connectivity index (χ1) is 11.2. The van der Waals surface area contributed by atoms with E-state index in [-0.39, 0.29) is 5.91 Å². The number of nitrogens with one attached hydrogen (secondary N) is 2. The van der Waals surface area contributed by atoms with Gasteiger partial charge < -0.3 is 15.0 Å². The molecule has 3 aromatic rings. The van der Waals surface area contributed by atoms with Gasteiger partial charge in [0.05, 0.1) is 18.1 Å². The van der Waals surface area contributed by atoms with Crippen molar-refractivity contribution >= 4 is 22.6 Å². The number of imidazole rings is 1. The highest BCUT2D eigenvalue weighted by atomic mass is 16.5. The molecule has 1 heterocycles. The Bertz CT molecular complexity index is 822. The van der Waals surface area contributed by atoms with Crippen molar-refractivity contribution in [2.45, 2.75) is 19.8 Å². The minimum absolute atomic E-state index is 0.0294. The summed E-state index contributed by atoms with van der Waals surface area (Å²) in [5.41, 5.74) is 3.52. The fraction of sp³-hybridized carbons (Fsp3) is 0.222. The number of amides is 1. The minimum Gasteiger partial charge on any atom is -0.497 e. The normalized spacial score (nSPS) is 10.7. The average molecular weight is 309 g/mol. The highest BCUT2D eigenvalue weighted by molar-refractivity contribution is 5.93. The number of anilines is 1. The summed E-state index contributed by atoms with van der Waals surface area (Å²) in [6.45, 7) is 1.98. The molecule has 0 bridgehead atoms. The summed E-state index contributed by atoms with van der Waals surface area (Å²) in [4.78, 5) is 19.6. The molecule has 0 atom stereocenters. The van der Waals surface area contributed by atoms with E-state index in [2.05, 4.69) is 15.3 Å². The third-order valence-corrected chi connectivity index (χ3v) is 3.61. The molecule has 0 spiro atoms. The Morgan fingerprint density at radius 3 is 2.70 bits per heavy atom. The van der Waals surface area contributed by atoms with Crippen LogP contribution in [0.4, 0.5) is 5.69 Å². The van der Waals surface area contributed by atoms with E-state index in [0.29, 0.717) is 6.42 Å². The zero-order valence-corrected chi connectivity index (χ0v) is 13.2. The van der Waals surface area contributed by atoms with Crippen LogP contribution in [0.1, 0.15) is 19.8 Å². The first-order valence-electron chi connectivity index (χ1n) is 7.63. The van der Waals surface area contributed by atoms with E-state index in [1.807, 2.05) is 49.4 Å². The molecule has 1 aromatic heterocycles. The van der Waals surface area contributed by atoms with Crippen LogP contribution in [0.3, 0.4) is 0 Å². The Balaban J connectivity index is 1.87. The Morgan fingerprint density at radius 1 is 1.22 bits per heavy atom. The van der Waals surface area contributed by atoms with Crippen LogP contribution < -0.4 is 10.1 Å². The Kier molecular flexibility index (Phi) is 4.28. The lowest BCUT2D eigenvalue weighted by molar-refractivity contribution is -0.116. The maximum absolute atomic E-state index is 11.7. The Labute approximate surface area is 134 Å². The van der Waals surface area contributed by atoms with E-state index in [4.69, 9.17) is 4.74 Å². The molecule has 0 fully saturated rings. The van der Waals surface area contributed by atoms with Crippen LogP contribution in [-0.4, -0.2) is 23.0 Å². The van der Waals surface area contributed by atoms with E-state index >= 15 is 0 Å². The summed E-state index contributed by atoms with van der Waals surface area (Å²) in [5, 5.41) is 2.90. The number of aromatic nitrogens is 2. The van der Waals surface area contributed by atoms with Crippen LogP contribution in [0, 0.1) is 0 Å². The number of aromatic amines is 1. The third kappa shape index (κ3) is 3.34. The third-order valence-electron chi connectivity index (χ3n) is 3.61. The van der Waals surface area contributed by atoms with Gasteiger partial charge in [-0.2, -0.15) is 0 Å². The molecule has 3 rings (SSSR count). The standard InChI is InChI=1S/C18H19N3O2/c1-3-4-17(22)19-13-7-10-15-16(11-13)21-18(20-15)12-5-8-14(23-2)9-6-12/h5-11H,3-4H2,1-2H3,(H,19,22)(H,20,21). The molecule has 5 heteroatoms. The van der Waals surface area contributed by atoms with Gasteiger partial charge in [-0.05, 0) is 48.9 Å². The van der Waals surface area contributed by atoms with Gasteiger partial charge in [0.15, 0.2) is 0 Å². The predicted molar refractivity (Wildman–Crippen MR) is 91.6 cm³/mol. The van der Waals surface area contributed by atoms with Crippen molar-refractivity contribution in [3.05, 3.63) is 42.5 Å². The summed E-state index contributed by atoms with van der Waals surface area (Å²) >= 11 is 0. The highest BCUT2D eigenvalue weighted by Crippen LogP contribution is 2.24. The van der Waals surface area contributed by atoms with Gasteiger partial charge in [-0.1, -0.05) is 6.92 Å². The summed E-state index contributed by atoms with van der Waals surface area (Å²) in [6.07, 6.45) is 1.36. The second kappa shape index (κ2) is 6.52. The summed E-state index contributed by atoms with van der Waals surface area (Å²) in [7, 11) is 1.64. The molecular weight excluding hydrogens is 290 g/mol. The van der Waals surface area contributed by atoms with E-state index < -0.39 is 0 Å². The second-order valence-corrected chi connectivity index (χ2v) is 5.34. The van der Waals surface area contributed by atoms with Gasteiger partial charge in [0.2, 0.25) is 5.91 Å². The molecule has 118 valence electrons. The van der Waals surface area contributed by atoms with E-state index in [1.54, 1.807) is 7.11 Å². The lowest BCUT2D eigenvalue weighted by Crippen LogP contribution is -2.10. The number of fused-ring (bicyclic) bond motifs is 1. The molecule has 0 saturated heterocycles. The molecule has 0 aliphatic rings. The SMILES string of the molecule is CCCC(=O)Nc1ccc2nc(-c3ccc(OC)cc3)[nH]c2c1. The van der Waals surface area contributed by atoms with Crippen molar-refractivity contribution in [1.29, 1.82) is 0 Å². The topological polar surface area (TPSA) is 67.0 Å². The number of nitrogens with zero attached hydrogens (tertiary/aromatic N) is 1. The van der Waals surface area contributed by atoms with Gasteiger partial charge in [-0.3, -0.25) is 4.79 Å². The molecule has 5 nitrogen and oxygen atoms in total. The number of ether oxygens (including phenoxy) is 1. The maximum atomic E-state index is 11.7. The molecule has 2 N–H and O–H groups in total. The number of carbonyl (C=O) groups excluding carboxylic acids is 1. The van der Waals surface area contributed by atoms with E-state index in [9.17, 15) is 4.79 Å². The van der Waals surface area contributed by atoms with Crippen molar-refractivity contribution in [2.24, 2.45) is 0 Å². The lowest BCUT2D eigenvalue weighted by atomic mass is 10.2. The molecule has 0 saturated carbocycles. The fourth-order valence-corrected chi connectivity index (χ4v) is 2.42. The second-order valence-electron chi connectivity index (χ2n) is 5.34. The molecule has 23 heavy (non-hydrogen) atoms. The Morgan fingerprint density at radius 2 is 2.00 bits per heavy atom. The van der Waals surface area contributed by atoms with E-state index in [0.717, 1.165) is 40.3 Å². The molecular formula is C18H19N3O2. The van der Waals surface area contributed by atoms with Crippen LogP contribution in [0.15, 0.2) is 42.5 Å². The number of hydrogen-bond acceptors (Lipinski definition) is 3. The summed E-state index contributed by atoms with van der Waals surface area (Å²) in [5.74, 6) is 1.63. The first-order valence-corrected chi connectivity index (χ1v) is 7.63. The van der Waals surface area contributed by atoms with E-state index in [1.165, 1.54) is 0 Å². The number of carbonyl (C=O) groups is 1. The van der Waals surface area contributed by atoms with Crippen molar-refractivity contribution in [3.63, 3.8) is 0 Å². The van der Waals surface area contributed by atoms with Crippen molar-refractivity contribution in [1.82, 2.24) is 9.97 Å². The minimum atomic E-state index is 0.0294. The molecule has 1 amide bonds. The van der Waals surface area contributed by atoms with Crippen molar-refractivity contribution < 1.29 is 9.53 Å². The van der Waals surface area contributed by atoms with Gasteiger partial charge in [0, 0.05) is 17.7 Å². The van der Waals surface area contributed by atoms with Crippen molar-refractivity contribution in [2.75, 3.05) is 12.4 Å². The zero-order chi connectivity index (χ0) is 16.2. The molecule has 2 aromatic carbocycles. The first kappa shape index (κ1) is 15.1. The lowest BCUT2D eigenvalue weighted by Gasteiger charge is -2.03. The number of rotatable bonds is 5.